The van der Waals surface area contributed by atoms with Crippen molar-refractivity contribution in [3.8, 4) is 0 Å². The molecule has 2 N–H and O–H groups in total. The van der Waals surface area contributed by atoms with Gasteiger partial charge in [-0.25, -0.2) is 0 Å². The molecule has 0 spiro atoms. The fourth-order valence-electron chi connectivity index (χ4n) is 2.65. The fraction of sp³-hybridized carbons (Fsp3) is 0.400. The Morgan fingerprint density at radius 2 is 1.92 bits per heavy atom. The highest BCUT2D eigenvalue weighted by Crippen LogP contribution is 2.04. The summed E-state index contributed by atoms with van der Waals surface area (Å²) in [4.78, 5) is 26.5. The van der Waals surface area contributed by atoms with Gasteiger partial charge < -0.3 is 15.0 Å². The Hall–Kier alpha value is -2.40. The molecule has 1 amide bonds. The van der Waals surface area contributed by atoms with Gasteiger partial charge in [-0.2, -0.15) is 0 Å². The normalized spacial score (nSPS) is 10.6. The van der Waals surface area contributed by atoms with Gasteiger partial charge in [0.2, 0.25) is 5.91 Å². The molecule has 0 aliphatic heterocycles. The van der Waals surface area contributed by atoms with Crippen LogP contribution in [0.3, 0.4) is 0 Å². The van der Waals surface area contributed by atoms with Gasteiger partial charge in [-0.3, -0.25) is 9.59 Å². The van der Waals surface area contributed by atoms with Gasteiger partial charge in [0.05, 0.1) is 6.61 Å². The molecule has 2 aromatic rings. The number of hydrogen-bond acceptors (Lipinski definition) is 3. The summed E-state index contributed by atoms with van der Waals surface area (Å²) in [5.41, 5.74) is 3.44. The summed E-state index contributed by atoms with van der Waals surface area (Å²) in [6, 6.07) is 12.1. The maximum atomic E-state index is 11.9. The number of carbonyl (C=O) groups is 1. The van der Waals surface area contributed by atoms with Gasteiger partial charge in [-0.1, -0.05) is 30.3 Å². The highest BCUT2D eigenvalue weighted by Gasteiger charge is 2.07. The van der Waals surface area contributed by atoms with Crippen LogP contribution in [0.1, 0.15) is 35.2 Å². The molecule has 1 heterocycles. The molecule has 5 nitrogen and oxygen atoms in total. The molecule has 2 rings (SSSR count). The minimum Gasteiger partial charge on any atom is -0.381 e. The molecule has 0 aliphatic rings. The monoisotopic (exact) mass is 342 g/mol. The second-order valence-electron chi connectivity index (χ2n) is 6.17. The summed E-state index contributed by atoms with van der Waals surface area (Å²) < 4.78 is 5.57. The summed E-state index contributed by atoms with van der Waals surface area (Å²) in [6.07, 6.45) is 1.94. The quantitative estimate of drug-likeness (QED) is 0.688. The van der Waals surface area contributed by atoms with E-state index < -0.39 is 0 Å². The first-order valence-electron chi connectivity index (χ1n) is 8.64. The molecule has 1 aromatic carbocycles. The summed E-state index contributed by atoms with van der Waals surface area (Å²) in [5.74, 6) is -0.0639. The van der Waals surface area contributed by atoms with E-state index in [0.717, 1.165) is 17.7 Å². The number of aromatic amines is 1. The molecule has 134 valence electrons. The third kappa shape index (κ3) is 6.55. The van der Waals surface area contributed by atoms with Crippen LogP contribution in [0.5, 0.6) is 0 Å². The van der Waals surface area contributed by atoms with Crippen LogP contribution in [-0.2, 0) is 22.5 Å². The van der Waals surface area contributed by atoms with E-state index in [1.807, 2.05) is 38.1 Å². The van der Waals surface area contributed by atoms with Gasteiger partial charge >= 0.3 is 0 Å². The zero-order chi connectivity index (χ0) is 18.1. The van der Waals surface area contributed by atoms with Crippen molar-refractivity contribution in [1.29, 1.82) is 0 Å². The molecule has 0 atom stereocenters. The number of amides is 1. The van der Waals surface area contributed by atoms with E-state index in [1.54, 1.807) is 0 Å². The van der Waals surface area contributed by atoms with E-state index in [0.29, 0.717) is 31.6 Å². The average molecular weight is 342 g/mol. The standard InChI is InChI=1S/C20H26N2O3/c1-15-13-16(2)22-20(24)18(15)14-21-19(23)9-6-11-25-12-10-17-7-4-3-5-8-17/h3-5,7-8,13H,6,9-12,14H2,1-2H3,(H,21,23)(H,22,24). The number of H-pyrrole nitrogens is 1. The Labute approximate surface area is 148 Å². The second kappa shape index (κ2) is 9.79. The molecule has 0 saturated heterocycles. The lowest BCUT2D eigenvalue weighted by Crippen LogP contribution is -2.27. The van der Waals surface area contributed by atoms with Gasteiger partial charge in [0, 0.05) is 30.8 Å². The number of ether oxygens (including phenoxy) is 1. The van der Waals surface area contributed by atoms with Crippen LogP contribution in [0.4, 0.5) is 0 Å². The van der Waals surface area contributed by atoms with Crippen LogP contribution < -0.4 is 10.9 Å². The predicted octanol–water partition coefficient (Wildman–Crippen LogP) is 2.65. The highest BCUT2D eigenvalue weighted by atomic mass is 16.5. The van der Waals surface area contributed by atoms with Crippen LogP contribution in [0.15, 0.2) is 41.2 Å². The summed E-state index contributed by atoms with van der Waals surface area (Å²) >= 11 is 0. The van der Waals surface area contributed by atoms with Crippen LogP contribution in [-0.4, -0.2) is 24.1 Å². The molecule has 5 heteroatoms. The molecule has 0 fully saturated rings. The lowest BCUT2D eigenvalue weighted by Gasteiger charge is -2.08. The number of aromatic nitrogens is 1. The zero-order valence-corrected chi connectivity index (χ0v) is 14.9. The van der Waals surface area contributed by atoms with E-state index in [9.17, 15) is 9.59 Å². The number of pyridine rings is 1. The lowest BCUT2D eigenvalue weighted by molar-refractivity contribution is -0.121. The van der Waals surface area contributed by atoms with Crippen LogP contribution in [0.25, 0.3) is 0 Å². The molecular formula is C20H26N2O3. The van der Waals surface area contributed by atoms with Crippen molar-refractivity contribution >= 4 is 5.91 Å². The van der Waals surface area contributed by atoms with Gasteiger partial charge in [0.1, 0.15) is 0 Å². The van der Waals surface area contributed by atoms with E-state index in [-0.39, 0.29) is 18.0 Å². The maximum Gasteiger partial charge on any atom is 0.253 e. The van der Waals surface area contributed by atoms with Crippen molar-refractivity contribution in [1.82, 2.24) is 10.3 Å². The molecule has 0 aliphatic carbocycles. The van der Waals surface area contributed by atoms with Crippen LogP contribution >= 0.6 is 0 Å². The van der Waals surface area contributed by atoms with Crippen molar-refractivity contribution in [3.05, 3.63) is 69.1 Å². The second-order valence-corrected chi connectivity index (χ2v) is 6.17. The first kappa shape index (κ1) is 18.9. The van der Waals surface area contributed by atoms with Crippen molar-refractivity contribution in [2.24, 2.45) is 0 Å². The first-order chi connectivity index (χ1) is 12.1. The van der Waals surface area contributed by atoms with Crippen molar-refractivity contribution in [2.45, 2.75) is 39.7 Å². The molecule has 1 aromatic heterocycles. The molecule has 0 radical (unpaired) electrons. The number of rotatable bonds is 9. The van der Waals surface area contributed by atoms with E-state index >= 15 is 0 Å². The number of nitrogens with one attached hydrogen (secondary N) is 2. The van der Waals surface area contributed by atoms with Gasteiger partial charge in [0.15, 0.2) is 0 Å². The Bertz CT molecular complexity index is 738. The molecule has 0 unspecified atom stereocenters. The fourth-order valence-corrected chi connectivity index (χ4v) is 2.65. The third-order valence-corrected chi connectivity index (χ3v) is 4.03. The zero-order valence-electron chi connectivity index (χ0n) is 14.9. The SMILES string of the molecule is Cc1cc(C)c(CNC(=O)CCCOCCc2ccccc2)c(=O)[nH]1. The Morgan fingerprint density at radius 3 is 2.64 bits per heavy atom. The number of hydrogen-bond donors (Lipinski definition) is 2. The predicted molar refractivity (Wildman–Crippen MR) is 98.6 cm³/mol. The minimum absolute atomic E-state index is 0.0639. The lowest BCUT2D eigenvalue weighted by atomic mass is 10.1. The average Bonchev–Trinajstić information content (AvgIpc) is 2.58. The van der Waals surface area contributed by atoms with Crippen molar-refractivity contribution in [3.63, 3.8) is 0 Å². The number of aryl methyl sites for hydroxylation is 2. The summed E-state index contributed by atoms with van der Waals surface area (Å²) in [7, 11) is 0. The first-order valence-corrected chi connectivity index (χ1v) is 8.64. The van der Waals surface area contributed by atoms with Gasteiger partial charge in [-0.05, 0) is 43.9 Å². The van der Waals surface area contributed by atoms with E-state index in [1.165, 1.54) is 5.56 Å². The topological polar surface area (TPSA) is 71.2 Å². The summed E-state index contributed by atoms with van der Waals surface area (Å²) in [5, 5.41) is 2.80. The Balaban J connectivity index is 1.61. The number of benzene rings is 1. The van der Waals surface area contributed by atoms with E-state index in [4.69, 9.17) is 4.74 Å². The van der Waals surface area contributed by atoms with E-state index in [2.05, 4.69) is 22.4 Å². The highest BCUT2D eigenvalue weighted by molar-refractivity contribution is 5.75. The smallest absolute Gasteiger partial charge is 0.253 e. The largest absolute Gasteiger partial charge is 0.381 e. The molecule has 0 saturated carbocycles. The van der Waals surface area contributed by atoms with Crippen molar-refractivity contribution in [2.75, 3.05) is 13.2 Å². The van der Waals surface area contributed by atoms with Crippen molar-refractivity contribution < 1.29 is 9.53 Å². The third-order valence-electron chi connectivity index (χ3n) is 4.03. The number of carbonyl (C=O) groups excluding carboxylic acids is 1. The maximum absolute atomic E-state index is 11.9. The molecule has 0 bridgehead atoms. The Kier molecular flexibility index (Phi) is 7.41. The molecular weight excluding hydrogens is 316 g/mol. The minimum atomic E-state index is -0.137. The molecule has 25 heavy (non-hydrogen) atoms. The van der Waals surface area contributed by atoms with Crippen LogP contribution in [0, 0.1) is 13.8 Å². The van der Waals surface area contributed by atoms with Crippen LogP contribution in [0.2, 0.25) is 0 Å². The van der Waals surface area contributed by atoms with Gasteiger partial charge in [-0.15, -0.1) is 0 Å². The van der Waals surface area contributed by atoms with Gasteiger partial charge in [0.25, 0.3) is 5.56 Å². The Morgan fingerprint density at radius 1 is 1.16 bits per heavy atom. The summed E-state index contributed by atoms with van der Waals surface area (Å²) in [6.45, 7) is 5.20.